The van der Waals surface area contributed by atoms with Gasteiger partial charge in [-0.25, -0.2) is 4.98 Å². The summed E-state index contributed by atoms with van der Waals surface area (Å²) in [4.78, 5) is 4.79. The molecule has 2 aromatic heterocycles. The summed E-state index contributed by atoms with van der Waals surface area (Å²) in [6.07, 6.45) is 5.22. The molecular weight excluding hydrogens is 280 g/mol. The van der Waals surface area contributed by atoms with E-state index in [-0.39, 0.29) is 0 Å². The third kappa shape index (κ3) is 2.76. The Morgan fingerprint density at radius 2 is 1.57 bits per heavy atom. The lowest BCUT2D eigenvalue weighted by Gasteiger charge is -2.07. The van der Waals surface area contributed by atoms with Gasteiger partial charge in [0.2, 0.25) is 0 Å². The van der Waals surface area contributed by atoms with E-state index in [2.05, 4.69) is 72.2 Å². The van der Waals surface area contributed by atoms with Gasteiger partial charge in [-0.15, -0.1) is 0 Å². The van der Waals surface area contributed by atoms with E-state index < -0.39 is 0 Å². The van der Waals surface area contributed by atoms with Gasteiger partial charge in [0.1, 0.15) is 5.65 Å². The standard InChI is InChI=1S/C21H18N2/c1-16-14-23-15-20(18-10-6-3-7-11-18)22-21(23)13-19(16)12-17-8-4-2-5-9-17/h2-11,13-15H,12H2,1H3. The van der Waals surface area contributed by atoms with Gasteiger partial charge in [0.05, 0.1) is 5.69 Å². The third-order valence-corrected chi connectivity index (χ3v) is 4.21. The number of aromatic nitrogens is 2. The van der Waals surface area contributed by atoms with Crippen molar-refractivity contribution in [2.24, 2.45) is 0 Å². The molecule has 2 nitrogen and oxygen atoms in total. The first-order valence-electron chi connectivity index (χ1n) is 7.87. The van der Waals surface area contributed by atoms with Crippen molar-refractivity contribution in [2.75, 3.05) is 0 Å². The molecule has 4 rings (SSSR count). The molecule has 0 bridgehead atoms. The highest BCUT2D eigenvalue weighted by Crippen LogP contribution is 2.22. The Labute approximate surface area is 136 Å². The quantitative estimate of drug-likeness (QED) is 0.526. The summed E-state index contributed by atoms with van der Waals surface area (Å²) in [5.41, 5.74) is 7.11. The molecular formula is C21H18N2. The van der Waals surface area contributed by atoms with E-state index in [0.717, 1.165) is 23.3 Å². The maximum atomic E-state index is 4.79. The minimum absolute atomic E-state index is 0.941. The SMILES string of the molecule is Cc1cn2cc(-c3ccccc3)nc2cc1Cc1ccccc1. The maximum Gasteiger partial charge on any atom is 0.137 e. The largest absolute Gasteiger partial charge is 0.306 e. The molecule has 0 aliphatic rings. The van der Waals surface area contributed by atoms with Gasteiger partial charge in [0.25, 0.3) is 0 Å². The van der Waals surface area contributed by atoms with Crippen LogP contribution in [-0.4, -0.2) is 9.38 Å². The van der Waals surface area contributed by atoms with Crippen LogP contribution in [0.4, 0.5) is 0 Å². The summed E-state index contributed by atoms with van der Waals surface area (Å²) in [6, 6.07) is 23.1. The van der Waals surface area contributed by atoms with Gasteiger partial charge in [-0.3, -0.25) is 0 Å². The summed E-state index contributed by atoms with van der Waals surface area (Å²) < 4.78 is 2.12. The number of fused-ring (bicyclic) bond motifs is 1. The predicted octanol–water partition coefficient (Wildman–Crippen LogP) is 4.90. The molecule has 0 amide bonds. The lowest BCUT2D eigenvalue weighted by molar-refractivity contribution is 1.09. The Bertz CT molecular complexity index is 938. The van der Waals surface area contributed by atoms with Crippen molar-refractivity contribution in [3.8, 4) is 11.3 Å². The van der Waals surface area contributed by atoms with E-state index in [1.165, 1.54) is 16.7 Å². The Morgan fingerprint density at radius 3 is 2.30 bits per heavy atom. The average molecular weight is 298 g/mol. The molecule has 0 saturated carbocycles. The molecule has 4 aromatic rings. The van der Waals surface area contributed by atoms with Gasteiger partial charge < -0.3 is 4.40 Å². The molecule has 2 heteroatoms. The summed E-state index contributed by atoms with van der Waals surface area (Å²) in [6.45, 7) is 2.17. The second kappa shape index (κ2) is 5.73. The van der Waals surface area contributed by atoms with Crippen molar-refractivity contribution in [3.05, 3.63) is 95.8 Å². The molecule has 112 valence electrons. The van der Waals surface area contributed by atoms with Crippen LogP contribution in [0.1, 0.15) is 16.7 Å². The van der Waals surface area contributed by atoms with Gasteiger partial charge in [-0.1, -0.05) is 60.7 Å². The predicted molar refractivity (Wildman–Crippen MR) is 94.6 cm³/mol. The van der Waals surface area contributed by atoms with Gasteiger partial charge in [0, 0.05) is 18.0 Å². The van der Waals surface area contributed by atoms with Gasteiger partial charge in [-0.05, 0) is 36.1 Å². The fraction of sp³-hybridized carbons (Fsp3) is 0.0952. The molecule has 2 heterocycles. The zero-order valence-electron chi connectivity index (χ0n) is 13.1. The van der Waals surface area contributed by atoms with Crippen LogP contribution in [0.3, 0.4) is 0 Å². The number of aryl methyl sites for hydroxylation is 1. The molecule has 0 saturated heterocycles. The number of hydrogen-bond acceptors (Lipinski definition) is 1. The van der Waals surface area contributed by atoms with Crippen molar-refractivity contribution in [3.63, 3.8) is 0 Å². The first kappa shape index (κ1) is 13.8. The zero-order valence-corrected chi connectivity index (χ0v) is 13.1. The summed E-state index contributed by atoms with van der Waals surface area (Å²) in [5, 5.41) is 0. The summed E-state index contributed by atoms with van der Waals surface area (Å²) in [5.74, 6) is 0. The third-order valence-electron chi connectivity index (χ3n) is 4.21. The Kier molecular flexibility index (Phi) is 3.43. The van der Waals surface area contributed by atoms with Gasteiger partial charge in [0.15, 0.2) is 0 Å². The first-order valence-corrected chi connectivity index (χ1v) is 7.87. The lowest BCUT2D eigenvalue weighted by atomic mass is 10.0. The minimum Gasteiger partial charge on any atom is -0.306 e. The topological polar surface area (TPSA) is 17.3 Å². The number of hydrogen-bond donors (Lipinski definition) is 0. The molecule has 0 unspecified atom stereocenters. The van der Waals surface area contributed by atoms with Crippen LogP contribution in [0.15, 0.2) is 79.1 Å². The molecule has 2 aromatic carbocycles. The van der Waals surface area contributed by atoms with E-state index in [4.69, 9.17) is 4.98 Å². The van der Waals surface area contributed by atoms with Gasteiger partial charge >= 0.3 is 0 Å². The van der Waals surface area contributed by atoms with E-state index >= 15 is 0 Å². The monoisotopic (exact) mass is 298 g/mol. The highest BCUT2D eigenvalue weighted by atomic mass is 15.0. The second-order valence-corrected chi connectivity index (χ2v) is 5.90. The van der Waals surface area contributed by atoms with Crippen LogP contribution in [0, 0.1) is 6.92 Å². The number of rotatable bonds is 3. The van der Waals surface area contributed by atoms with Crippen LogP contribution in [0.25, 0.3) is 16.9 Å². The molecule has 0 aliphatic carbocycles. The van der Waals surface area contributed by atoms with Crippen LogP contribution < -0.4 is 0 Å². The molecule has 0 aliphatic heterocycles. The molecule has 0 N–H and O–H groups in total. The van der Waals surface area contributed by atoms with Crippen molar-refractivity contribution < 1.29 is 0 Å². The lowest BCUT2D eigenvalue weighted by Crippen LogP contribution is -1.95. The second-order valence-electron chi connectivity index (χ2n) is 5.90. The van der Waals surface area contributed by atoms with Crippen molar-refractivity contribution >= 4 is 5.65 Å². The number of imidazole rings is 1. The molecule has 23 heavy (non-hydrogen) atoms. The van der Waals surface area contributed by atoms with Crippen LogP contribution in [-0.2, 0) is 6.42 Å². The van der Waals surface area contributed by atoms with E-state index in [9.17, 15) is 0 Å². The minimum atomic E-state index is 0.941. The van der Waals surface area contributed by atoms with Crippen LogP contribution in [0.5, 0.6) is 0 Å². The van der Waals surface area contributed by atoms with E-state index in [1.54, 1.807) is 0 Å². The maximum absolute atomic E-state index is 4.79. The van der Waals surface area contributed by atoms with Crippen LogP contribution >= 0.6 is 0 Å². The van der Waals surface area contributed by atoms with Crippen molar-refractivity contribution in [1.82, 2.24) is 9.38 Å². The van der Waals surface area contributed by atoms with E-state index in [1.807, 2.05) is 18.2 Å². The molecule has 0 radical (unpaired) electrons. The smallest absolute Gasteiger partial charge is 0.137 e. The van der Waals surface area contributed by atoms with Crippen molar-refractivity contribution in [1.29, 1.82) is 0 Å². The summed E-state index contributed by atoms with van der Waals surface area (Å²) in [7, 11) is 0. The Hall–Kier alpha value is -2.87. The molecule has 0 spiro atoms. The molecule has 0 atom stereocenters. The number of pyridine rings is 1. The van der Waals surface area contributed by atoms with Gasteiger partial charge in [-0.2, -0.15) is 0 Å². The van der Waals surface area contributed by atoms with Crippen LogP contribution in [0.2, 0.25) is 0 Å². The molecule has 0 fully saturated rings. The number of nitrogens with zero attached hydrogens (tertiary/aromatic N) is 2. The highest BCUT2D eigenvalue weighted by Gasteiger charge is 2.07. The normalized spacial score (nSPS) is 11.0. The zero-order chi connectivity index (χ0) is 15.6. The highest BCUT2D eigenvalue weighted by molar-refractivity contribution is 5.63. The first-order chi connectivity index (χ1) is 11.3. The van der Waals surface area contributed by atoms with E-state index in [0.29, 0.717) is 0 Å². The van der Waals surface area contributed by atoms with Crippen molar-refractivity contribution in [2.45, 2.75) is 13.3 Å². The average Bonchev–Trinajstić information content (AvgIpc) is 3.00. The number of benzene rings is 2. The fourth-order valence-corrected chi connectivity index (χ4v) is 2.93. The Morgan fingerprint density at radius 1 is 0.870 bits per heavy atom. The Balaban J connectivity index is 1.75. The fourth-order valence-electron chi connectivity index (χ4n) is 2.93. The summed E-state index contributed by atoms with van der Waals surface area (Å²) >= 11 is 0.